The second-order valence-corrected chi connectivity index (χ2v) is 5.77. The van der Waals surface area contributed by atoms with E-state index in [0.29, 0.717) is 0 Å². The van der Waals surface area contributed by atoms with Crippen molar-refractivity contribution in [1.82, 2.24) is 0 Å². The second kappa shape index (κ2) is 4.71. The molecule has 3 N–H and O–H groups in total. The standard InChI is InChI=1S/C14H20N2O2/c1-14(2,3)12(13(17)18)16-10-6-4-9(5-7-10)11-8-15-11/h4-8,11-13,16-18H,1-3H3. The lowest BCUT2D eigenvalue weighted by molar-refractivity contribution is -0.0750. The summed E-state index contributed by atoms with van der Waals surface area (Å²) in [6.45, 7) is 5.91. The van der Waals surface area contributed by atoms with Crippen LogP contribution in [-0.4, -0.2) is 28.8 Å². The summed E-state index contributed by atoms with van der Waals surface area (Å²) in [7, 11) is 0. The molecule has 2 rings (SSSR count). The molecule has 0 amide bonds. The number of hydrogen-bond donors (Lipinski definition) is 3. The molecule has 0 bridgehead atoms. The molecule has 0 aliphatic carbocycles. The van der Waals surface area contributed by atoms with Crippen molar-refractivity contribution in [2.24, 2.45) is 10.4 Å². The van der Waals surface area contributed by atoms with Crippen LogP contribution in [0.1, 0.15) is 32.4 Å². The molecule has 18 heavy (non-hydrogen) atoms. The Bertz CT molecular complexity index is 426. The highest BCUT2D eigenvalue weighted by Gasteiger charge is 2.30. The van der Waals surface area contributed by atoms with E-state index in [1.54, 1.807) is 0 Å². The first kappa shape index (κ1) is 13.1. The fourth-order valence-corrected chi connectivity index (χ4v) is 1.91. The zero-order valence-electron chi connectivity index (χ0n) is 11.0. The minimum atomic E-state index is -1.39. The molecule has 0 saturated heterocycles. The van der Waals surface area contributed by atoms with E-state index in [-0.39, 0.29) is 11.5 Å². The number of rotatable bonds is 4. The molecule has 0 saturated carbocycles. The fraction of sp³-hybridized carbons (Fsp3) is 0.500. The monoisotopic (exact) mass is 248 g/mol. The van der Waals surface area contributed by atoms with Gasteiger partial charge < -0.3 is 15.5 Å². The molecule has 4 heteroatoms. The van der Waals surface area contributed by atoms with E-state index in [1.165, 1.54) is 0 Å². The minimum absolute atomic E-state index is 0.244. The first-order valence-corrected chi connectivity index (χ1v) is 6.14. The van der Waals surface area contributed by atoms with E-state index in [9.17, 15) is 10.2 Å². The zero-order valence-corrected chi connectivity index (χ0v) is 11.0. The van der Waals surface area contributed by atoms with Gasteiger partial charge in [0.1, 0.15) is 6.04 Å². The van der Waals surface area contributed by atoms with Crippen LogP contribution in [0.4, 0.5) is 5.69 Å². The fourth-order valence-electron chi connectivity index (χ4n) is 1.91. The number of aliphatic imine (C=N–C) groups is 1. The Hall–Kier alpha value is -1.39. The summed E-state index contributed by atoms with van der Waals surface area (Å²) in [5.41, 5.74) is 1.80. The Kier molecular flexibility index (Phi) is 3.41. The molecule has 0 radical (unpaired) electrons. The third kappa shape index (κ3) is 3.09. The molecule has 1 aliphatic rings. The summed E-state index contributed by atoms with van der Waals surface area (Å²) in [6.07, 6.45) is 0.508. The number of hydrogen-bond acceptors (Lipinski definition) is 4. The average Bonchev–Trinajstić information content (AvgIpc) is 3.08. The van der Waals surface area contributed by atoms with Crippen LogP contribution < -0.4 is 5.32 Å². The molecule has 0 fully saturated rings. The maximum absolute atomic E-state index is 9.43. The largest absolute Gasteiger partial charge is 0.377 e. The third-order valence-corrected chi connectivity index (χ3v) is 3.10. The summed E-state index contributed by atoms with van der Waals surface area (Å²) < 4.78 is 0. The quantitative estimate of drug-likeness (QED) is 0.714. The van der Waals surface area contributed by atoms with Crippen molar-refractivity contribution in [2.75, 3.05) is 5.32 Å². The lowest BCUT2D eigenvalue weighted by Gasteiger charge is -2.33. The molecule has 98 valence electrons. The number of nitrogens with zero attached hydrogens (tertiary/aromatic N) is 1. The van der Waals surface area contributed by atoms with Crippen LogP contribution in [0.15, 0.2) is 29.3 Å². The van der Waals surface area contributed by atoms with Crippen molar-refractivity contribution in [3.63, 3.8) is 0 Å². The number of anilines is 1. The van der Waals surface area contributed by atoms with Gasteiger partial charge >= 0.3 is 0 Å². The molecule has 1 aliphatic heterocycles. The van der Waals surface area contributed by atoms with Crippen molar-refractivity contribution in [3.8, 4) is 0 Å². The van der Waals surface area contributed by atoms with E-state index >= 15 is 0 Å². The Morgan fingerprint density at radius 3 is 2.11 bits per heavy atom. The maximum Gasteiger partial charge on any atom is 0.172 e. The molecule has 0 aromatic heterocycles. The van der Waals surface area contributed by atoms with E-state index < -0.39 is 12.3 Å². The van der Waals surface area contributed by atoms with Crippen LogP contribution in [0.2, 0.25) is 0 Å². The van der Waals surface area contributed by atoms with Crippen molar-refractivity contribution in [3.05, 3.63) is 29.8 Å². The molecular weight excluding hydrogens is 228 g/mol. The highest BCUT2D eigenvalue weighted by Crippen LogP contribution is 2.28. The van der Waals surface area contributed by atoms with E-state index in [4.69, 9.17) is 0 Å². The predicted molar refractivity (Wildman–Crippen MR) is 72.8 cm³/mol. The van der Waals surface area contributed by atoms with E-state index in [1.807, 2.05) is 51.3 Å². The minimum Gasteiger partial charge on any atom is -0.377 e. The zero-order chi connectivity index (χ0) is 13.3. The lowest BCUT2D eigenvalue weighted by atomic mass is 9.86. The van der Waals surface area contributed by atoms with Gasteiger partial charge in [0, 0.05) is 11.9 Å². The molecule has 4 nitrogen and oxygen atoms in total. The van der Waals surface area contributed by atoms with Crippen LogP contribution in [0.25, 0.3) is 0 Å². The molecular formula is C14H20N2O2. The first-order chi connectivity index (χ1) is 8.38. The summed E-state index contributed by atoms with van der Waals surface area (Å²) in [4.78, 5) is 4.11. The molecule has 1 aromatic carbocycles. The average molecular weight is 248 g/mol. The van der Waals surface area contributed by atoms with Gasteiger partial charge in [0.25, 0.3) is 0 Å². The smallest absolute Gasteiger partial charge is 0.172 e. The van der Waals surface area contributed by atoms with Crippen LogP contribution in [0.3, 0.4) is 0 Å². The summed E-state index contributed by atoms with van der Waals surface area (Å²) in [6, 6.07) is 7.73. The van der Waals surface area contributed by atoms with Crippen LogP contribution in [-0.2, 0) is 0 Å². The van der Waals surface area contributed by atoms with Gasteiger partial charge in [-0.15, -0.1) is 0 Å². The molecule has 2 unspecified atom stereocenters. The highest BCUT2D eigenvalue weighted by molar-refractivity contribution is 5.80. The van der Waals surface area contributed by atoms with Gasteiger partial charge in [-0.2, -0.15) is 0 Å². The SMILES string of the molecule is CC(C)(C)C(Nc1ccc(C2C=N2)cc1)C(O)O. The topological polar surface area (TPSA) is 64.9 Å². The number of nitrogens with one attached hydrogen (secondary N) is 1. The van der Waals surface area contributed by atoms with Crippen molar-refractivity contribution >= 4 is 11.9 Å². The molecule has 1 heterocycles. The van der Waals surface area contributed by atoms with Crippen molar-refractivity contribution in [1.29, 1.82) is 0 Å². The predicted octanol–water partition coefficient (Wildman–Crippen LogP) is 1.95. The first-order valence-electron chi connectivity index (χ1n) is 6.14. The lowest BCUT2D eigenvalue weighted by Crippen LogP contribution is -2.43. The van der Waals surface area contributed by atoms with Gasteiger partial charge in [-0.3, -0.25) is 4.99 Å². The third-order valence-electron chi connectivity index (χ3n) is 3.10. The number of benzene rings is 1. The van der Waals surface area contributed by atoms with E-state index in [0.717, 1.165) is 11.3 Å². The summed E-state index contributed by atoms with van der Waals surface area (Å²) in [5, 5.41) is 22.0. The van der Waals surface area contributed by atoms with E-state index in [2.05, 4.69) is 10.3 Å². The van der Waals surface area contributed by atoms with Crippen LogP contribution >= 0.6 is 0 Å². The van der Waals surface area contributed by atoms with Gasteiger partial charge in [0.15, 0.2) is 6.29 Å². The molecule has 0 spiro atoms. The van der Waals surface area contributed by atoms with Crippen molar-refractivity contribution < 1.29 is 10.2 Å². The molecule has 2 atom stereocenters. The van der Waals surface area contributed by atoms with Crippen LogP contribution in [0, 0.1) is 5.41 Å². The van der Waals surface area contributed by atoms with Gasteiger partial charge in [0.05, 0.1) is 6.04 Å². The molecule has 1 aromatic rings. The second-order valence-electron chi connectivity index (χ2n) is 5.77. The normalized spacial score (nSPS) is 20.0. The van der Waals surface area contributed by atoms with Gasteiger partial charge in [0.2, 0.25) is 0 Å². The Balaban J connectivity index is 2.06. The van der Waals surface area contributed by atoms with Gasteiger partial charge in [-0.05, 0) is 23.1 Å². The summed E-state index contributed by atoms with van der Waals surface area (Å²) in [5.74, 6) is 0. The number of aliphatic hydroxyl groups excluding tert-OH is 1. The van der Waals surface area contributed by atoms with Crippen molar-refractivity contribution in [2.45, 2.75) is 39.1 Å². The van der Waals surface area contributed by atoms with Crippen LogP contribution in [0.5, 0.6) is 0 Å². The van der Waals surface area contributed by atoms with Gasteiger partial charge in [-0.1, -0.05) is 32.9 Å². The maximum atomic E-state index is 9.43. The van der Waals surface area contributed by atoms with Gasteiger partial charge in [-0.25, -0.2) is 0 Å². The Morgan fingerprint density at radius 2 is 1.72 bits per heavy atom. The Labute approximate surface area is 107 Å². The Morgan fingerprint density at radius 1 is 1.17 bits per heavy atom. The summed E-state index contributed by atoms with van der Waals surface area (Å²) >= 11 is 0. The highest BCUT2D eigenvalue weighted by atomic mass is 16.5. The number of aliphatic hydroxyl groups is 2.